The quantitative estimate of drug-likeness (QED) is 0.262. The Labute approximate surface area is 126 Å². The highest BCUT2D eigenvalue weighted by Gasteiger charge is 2.22. The number of hydrogen-bond donors (Lipinski definition) is 0. The molecule has 0 fully saturated rings. The summed E-state index contributed by atoms with van der Waals surface area (Å²) in [6.07, 6.45) is 11.3. The van der Waals surface area contributed by atoms with Crippen LogP contribution >= 0.6 is 0 Å². The van der Waals surface area contributed by atoms with Crippen LogP contribution in [0.1, 0.15) is 85.5 Å². The van der Waals surface area contributed by atoms with Gasteiger partial charge in [-0.25, -0.2) is 4.79 Å². The molecule has 0 radical (unpaired) electrons. The van der Waals surface area contributed by atoms with Gasteiger partial charge in [0.25, 0.3) is 0 Å². The van der Waals surface area contributed by atoms with Crippen molar-refractivity contribution >= 4 is 5.97 Å². The summed E-state index contributed by atoms with van der Waals surface area (Å²) in [6.45, 7) is 12.8. The Kier molecular flexibility index (Phi) is 10.5. The van der Waals surface area contributed by atoms with Crippen molar-refractivity contribution in [2.45, 2.75) is 85.5 Å². The molecule has 0 rings (SSSR count). The summed E-state index contributed by atoms with van der Waals surface area (Å²) < 4.78 is 5.08. The van der Waals surface area contributed by atoms with Gasteiger partial charge in [-0.15, -0.1) is 0 Å². The fourth-order valence-electron chi connectivity index (χ4n) is 2.70. The first-order valence-electron chi connectivity index (χ1n) is 8.34. The zero-order valence-electron chi connectivity index (χ0n) is 14.1. The molecule has 2 nitrogen and oxygen atoms in total. The first-order chi connectivity index (χ1) is 9.51. The lowest BCUT2D eigenvalue weighted by Crippen LogP contribution is -2.17. The largest absolute Gasteiger partial charge is 0.462 e. The molecule has 0 aromatic rings. The van der Waals surface area contributed by atoms with Crippen molar-refractivity contribution < 1.29 is 9.53 Å². The number of unbranched alkanes of at least 4 members (excludes halogenated alkanes) is 4. The van der Waals surface area contributed by atoms with Crippen LogP contribution in [-0.4, -0.2) is 12.6 Å². The summed E-state index contributed by atoms with van der Waals surface area (Å²) in [6, 6.07) is 0. The molecule has 0 unspecified atom stereocenters. The molecule has 0 heterocycles. The van der Waals surface area contributed by atoms with Gasteiger partial charge in [-0.05, 0) is 25.2 Å². The number of esters is 1. The normalized spacial score (nSPS) is 11.4. The summed E-state index contributed by atoms with van der Waals surface area (Å²) >= 11 is 0. The number of carbonyl (C=O) groups excluding carboxylic acids is 1. The summed E-state index contributed by atoms with van der Waals surface area (Å²) in [5.41, 5.74) is 1.07. The van der Waals surface area contributed by atoms with Crippen LogP contribution in [0.5, 0.6) is 0 Å². The van der Waals surface area contributed by atoms with Crippen molar-refractivity contribution in [1.82, 2.24) is 0 Å². The van der Waals surface area contributed by atoms with Crippen molar-refractivity contribution in [3.05, 3.63) is 12.2 Å². The molecule has 0 spiro atoms. The van der Waals surface area contributed by atoms with Crippen molar-refractivity contribution in [2.75, 3.05) is 6.61 Å². The highest BCUT2D eigenvalue weighted by atomic mass is 16.5. The summed E-state index contributed by atoms with van der Waals surface area (Å²) in [7, 11) is 0. The monoisotopic (exact) mass is 282 g/mol. The van der Waals surface area contributed by atoms with Crippen LogP contribution in [0.4, 0.5) is 0 Å². The number of rotatable bonds is 12. The Morgan fingerprint density at radius 1 is 0.950 bits per heavy atom. The maximum absolute atomic E-state index is 11.2. The van der Waals surface area contributed by atoms with E-state index in [4.69, 9.17) is 4.74 Å². The van der Waals surface area contributed by atoms with E-state index in [0.29, 0.717) is 17.6 Å². The van der Waals surface area contributed by atoms with Crippen LogP contribution in [0, 0.1) is 5.41 Å². The lowest BCUT2D eigenvalue weighted by atomic mass is 9.75. The predicted molar refractivity (Wildman–Crippen MR) is 86.8 cm³/mol. The van der Waals surface area contributed by atoms with Crippen molar-refractivity contribution in [3.8, 4) is 0 Å². The SMILES string of the molecule is C=C(C)C(=O)OCCCCCCCC(CC)(CC)CC. The van der Waals surface area contributed by atoms with E-state index >= 15 is 0 Å². The number of ether oxygens (including phenoxy) is 1. The van der Waals surface area contributed by atoms with Crippen LogP contribution in [0.2, 0.25) is 0 Å². The fourth-order valence-corrected chi connectivity index (χ4v) is 2.70. The molecule has 118 valence electrons. The Bertz CT molecular complexity index is 269. The van der Waals surface area contributed by atoms with Crippen molar-refractivity contribution in [3.63, 3.8) is 0 Å². The summed E-state index contributed by atoms with van der Waals surface area (Å²) in [4.78, 5) is 11.2. The van der Waals surface area contributed by atoms with Crippen LogP contribution in [0.15, 0.2) is 12.2 Å². The third-order valence-corrected chi connectivity index (χ3v) is 4.68. The lowest BCUT2D eigenvalue weighted by Gasteiger charge is -2.30. The van der Waals surface area contributed by atoms with Crippen molar-refractivity contribution in [1.29, 1.82) is 0 Å². The minimum absolute atomic E-state index is 0.261. The Balaban J connectivity index is 3.54. The lowest BCUT2D eigenvalue weighted by molar-refractivity contribution is -0.139. The first kappa shape index (κ1) is 19.2. The zero-order chi connectivity index (χ0) is 15.4. The van der Waals surface area contributed by atoms with E-state index in [2.05, 4.69) is 27.4 Å². The molecule has 0 aromatic heterocycles. The van der Waals surface area contributed by atoms with Crippen LogP contribution < -0.4 is 0 Å². The maximum Gasteiger partial charge on any atom is 0.333 e. The Morgan fingerprint density at radius 3 is 1.95 bits per heavy atom. The molecular weight excluding hydrogens is 248 g/mol. The Hall–Kier alpha value is -0.790. The molecule has 0 saturated carbocycles. The van der Waals surface area contributed by atoms with Crippen molar-refractivity contribution in [2.24, 2.45) is 5.41 Å². The first-order valence-corrected chi connectivity index (χ1v) is 8.34. The maximum atomic E-state index is 11.2. The topological polar surface area (TPSA) is 26.3 Å². The van der Waals surface area contributed by atoms with E-state index in [1.54, 1.807) is 6.92 Å². The highest BCUT2D eigenvalue weighted by molar-refractivity contribution is 5.86. The minimum Gasteiger partial charge on any atom is -0.462 e. The van der Waals surface area contributed by atoms with Gasteiger partial charge in [0.15, 0.2) is 0 Å². The van der Waals surface area contributed by atoms with Gasteiger partial charge in [-0.2, -0.15) is 0 Å². The second-order valence-electron chi connectivity index (χ2n) is 5.99. The molecule has 0 amide bonds. The third-order valence-electron chi connectivity index (χ3n) is 4.68. The summed E-state index contributed by atoms with van der Waals surface area (Å²) in [5, 5.41) is 0. The van der Waals surface area contributed by atoms with Gasteiger partial charge in [0, 0.05) is 5.57 Å². The smallest absolute Gasteiger partial charge is 0.333 e. The molecule has 2 heteroatoms. The van der Waals surface area contributed by atoms with E-state index in [0.717, 1.165) is 12.8 Å². The molecule has 0 saturated heterocycles. The van der Waals surface area contributed by atoms with Gasteiger partial charge in [-0.1, -0.05) is 72.3 Å². The van der Waals surface area contributed by atoms with E-state index < -0.39 is 0 Å². The van der Waals surface area contributed by atoms with Gasteiger partial charge in [0.2, 0.25) is 0 Å². The van der Waals surface area contributed by atoms with Crippen LogP contribution in [0.25, 0.3) is 0 Å². The molecule has 0 aromatic carbocycles. The average Bonchev–Trinajstić information content (AvgIpc) is 2.46. The summed E-state index contributed by atoms with van der Waals surface area (Å²) in [5.74, 6) is -0.261. The van der Waals surface area contributed by atoms with Gasteiger partial charge in [-0.3, -0.25) is 0 Å². The van der Waals surface area contributed by atoms with Gasteiger partial charge < -0.3 is 4.74 Å². The second-order valence-corrected chi connectivity index (χ2v) is 5.99. The highest BCUT2D eigenvalue weighted by Crippen LogP contribution is 2.36. The van der Waals surface area contributed by atoms with E-state index in [1.807, 2.05) is 0 Å². The molecule has 0 bridgehead atoms. The molecule has 20 heavy (non-hydrogen) atoms. The molecular formula is C18H34O2. The molecule has 0 N–H and O–H groups in total. The van der Waals surface area contributed by atoms with Crippen LogP contribution in [0.3, 0.4) is 0 Å². The van der Waals surface area contributed by atoms with Gasteiger partial charge in [0.1, 0.15) is 0 Å². The zero-order valence-corrected chi connectivity index (χ0v) is 14.1. The van der Waals surface area contributed by atoms with E-state index in [1.165, 1.54) is 44.9 Å². The standard InChI is InChI=1S/C18H34O2/c1-6-18(7-2,8-3)14-12-10-9-11-13-15-20-17(19)16(4)5/h4,6-15H2,1-3,5H3. The van der Waals surface area contributed by atoms with Crippen LogP contribution in [-0.2, 0) is 9.53 Å². The third kappa shape index (κ3) is 7.72. The molecule has 0 aliphatic heterocycles. The minimum atomic E-state index is -0.261. The predicted octanol–water partition coefficient (Wildman–Crippen LogP) is 5.66. The van der Waals surface area contributed by atoms with E-state index in [-0.39, 0.29) is 5.97 Å². The number of carbonyl (C=O) groups is 1. The molecule has 0 aliphatic carbocycles. The van der Waals surface area contributed by atoms with Gasteiger partial charge >= 0.3 is 5.97 Å². The number of hydrogen-bond acceptors (Lipinski definition) is 2. The van der Waals surface area contributed by atoms with Gasteiger partial charge in [0.05, 0.1) is 6.61 Å². The molecule has 0 aliphatic rings. The fraction of sp³-hybridized carbons (Fsp3) is 0.833. The second kappa shape index (κ2) is 10.9. The molecule has 0 atom stereocenters. The Morgan fingerprint density at radius 2 is 1.45 bits per heavy atom. The average molecular weight is 282 g/mol. The van der Waals surface area contributed by atoms with E-state index in [9.17, 15) is 4.79 Å².